The monoisotopic (exact) mass is 257 g/mol. The van der Waals surface area contributed by atoms with Crippen molar-refractivity contribution in [2.45, 2.75) is 45.7 Å². The lowest BCUT2D eigenvalue weighted by Gasteiger charge is -2.28. The van der Waals surface area contributed by atoms with Crippen LogP contribution < -0.4 is 5.32 Å². The van der Waals surface area contributed by atoms with Gasteiger partial charge in [0.25, 0.3) is 0 Å². The second kappa shape index (κ2) is 4.97. The maximum atomic E-state index is 4.61. The Morgan fingerprint density at radius 3 is 2.84 bits per heavy atom. The number of piperidine rings is 1. The van der Waals surface area contributed by atoms with Crippen molar-refractivity contribution in [3.05, 3.63) is 30.0 Å². The molecule has 3 heteroatoms. The fourth-order valence-corrected chi connectivity index (χ4v) is 2.83. The van der Waals surface area contributed by atoms with Crippen LogP contribution in [0.5, 0.6) is 0 Å². The zero-order valence-corrected chi connectivity index (χ0v) is 12.1. The SMILES string of the molecule is CC1CCC(c2ccc3nn(C(C)C)cc3c2)NC1. The molecule has 3 rings (SSSR count). The fourth-order valence-electron chi connectivity index (χ4n) is 2.83. The van der Waals surface area contributed by atoms with Gasteiger partial charge in [0.2, 0.25) is 0 Å². The van der Waals surface area contributed by atoms with E-state index in [2.05, 4.69) is 55.6 Å². The van der Waals surface area contributed by atoms with E-state index < -0.39 is 0 Å². The highest BCUT2D eigenvalue weighted by molar-refractivity contribution is 5.78. The third-order valence-electron chi connectivity index (χ3n) is 4.14. The van der Waals surface area contributed by atoms with Crippen LogP contribution in [-0.4, -0.2) is 16.3 Å². The molecule has 1 aliphatic heterocycles. The van der Waals surface area contributed by atoms with Crippen LogP contribution in [0.2, 0.25) is 0 Å². The van der Waals surface area contributed by atoms with Gasteiger partial charge >= 0.3 is 0 Å². The molecule has 102 valence electrons. The second-order valence-corrected chi connectivity index (χ2v) is 6.16. The van der Waals surface area contributed by atoms with Crippen molar-refractivity contribution in [3.63, 3.8) is 0 Å². The van der Waals surface area contributed by atoms with E-state index in [-0.39, 0.29) is 0 Å². The molecule has 1 aromatic carbocycles. The molecule has 1 aliphatic rings. The lowest BCUT2D eigenvalue weighted by atomic mass is 9.92. The number of hydrogen-bond acceptors (Lipinski definition) is 2. The van der Waals surface area contributed by atoms with E-state index in [1.54, 1.807) is 0 Å². The molecule has 0 radical (unpaired) electrons. The summed E-state index contributed by atoms with van der Waals surface area (Å²) in [6, 6.07) is 7.62. The Balaban J connectivity index is 1.88. The van der Waals surface area contributed by atoms with Gasteiger partial charge in [-0.15, -0.1) is 0 Å². The molecule has 0 amide bonds. The predicted octanol–water partition coefficient (Wildman–Crippen LogP) is 3.68. The Morgan fingerprint density at radius 1 is 1.32 bits per heavy atom. The van der Waals surface area contributed by atoms with Gasteiger partial charge in [0.15, 0.2) is 0 Å². The summed E-state index contributed by atoms with van der Waals surface area (Å²) in [5, 5.41) is 9.52. The van der Waals surface area contributed by atoms with Crippen molar-refractivity contribution in [2.24, 2.45) is 5.92 Å². The van der Waals surface area contributed by atoms with Crippen molar-refractivity contribution in [2.75, 3.05) is 6.54 Å². The molecule has 2 unspecified atom stereocenters. The molecule has 0 aliphatic carbocycles. The highest BCUT2D eigenvalue weighted by Crippen LogP contribution is 2.27. The van der Waals surface area contributed by atoms with Crippen molar-refractivity contribution in [1.29, 1.82) is 0 Å². The fraction of sp³-hybridized carbons (Fsp3) is 0.562. The van der Waals surface area contributed by atoms with Gasteiger partial charge in [-0.2, -0.15) is 5.10 Å². The van der Waals surface area contributed by atoms with E-state index in [1.165, 1.54) is 23.8 Å². The van der Waals surface area contributed by atoms with Gasteiger partial charge in [-0.05, 0) is 56.8 Å². The maximum Gasteiger partial charge on any atom is 0.0923 e. The number of aromatic nitrogens is 2. The summed E-state index contributed by atoms with van der Waals surface area (Å²) in [5.41, 5.74) is 2.50. The largest absolute Gasteiger partial charge is 0.310 e. The van der Waals surface area contributed by atoms with Crippen LogP contribution in [0.1, 0.15) is 51.3 Å². The first-order chi connectivity index (χ1) is 9.13. The molecule has 2 atom stereocenters. The lowest BCUT2D eigenvalue weighted by molar-refractivity contribution is 0.333. The zero-order valence-electron chi connectivity index (χ0n) is 12.1. The topological polar surface area (TPSA) is 29.9 Å². The van der Waals surface area contributed by atoms with Crippen molar-refractivity contribution >= 4 is 10.9 Å². The first kappa shape index (κ1) is 12.7. The van der Waals surface area contributed by atoms with Crippen LogP contribution in [0.25, 0.3) is 10.9 Å². The van der Waals surface area contributed by atoms with Crippen LogP contribution in [0.4, 0.5) is 0 Å². The number of fused-ring (bicyclic) bond motifs is 1. The van der Waals surface area contributed by atoms with E-state index in [9.17, 15) is 0 Å². The average Bonchev–Trinajstić information content (AvgIpc) is 2.82. The molecule has 1 saturated heterocycles. The van der Waals surface area contributed by atoms with Crippen LogP contribution in [0.3, 0.4) is 0 Å². The molecule has 0 saturated carbocycles. The second-order valence-electron chi connectivity index (χ2n) is 6.16. The van der Waals surface area contributed by atoms with Gasteiger partial charge in [0.05, 0.1) is 5.52 Å². The highest BCUT2D eigenvalue weighted by Gasteiger charge is 2.19. The quantitative estimate of drug-likeness (QED) is 0.889. The number of rotatable bonds is 2. The molecule has 1 aromatic heterocycles. The molecule has 1 N–H and O–H groups in total. The minimum absolute atomic E-state index is 0.421. The lowest BCUT2D eigenvalue weighted by Crippen LogP contribution is -2.31. The Hall–Kier alpha value is -1.35. The van der Waals surface area contributed by atoms with Crippen LogP contribution in [0, 0.1) is 5.92 Å². The van der Waals surface area contributed by atoms with E-state index in [0.717, 1.165) is 18.0 Å². The molecule has 1 fully saturated rings. The highest BCUT2D eigenvalue weighted by atomic mass is 15.3. The van der Waals surface area contributed by atoms with Gasteiger partial charge in [0.1, 0.15) is 0 Å². The van der Waals surface area contributed by atoms with Crippen LogP contribution in [0.15, 0.2) is 24.4 Å². The van der Waals surface area contributed by atoms with Gasteiger partial charge < -0.3 is 5.32 Å². The smallest absolute Gasteiger partial charge is 0.0923 e. The summed E-state index contributed by atoms with van der Waals surface area (Å²) in [4.78, 5) is 0. The number of nitrogens with zero attached hydrogens (tertiary/aromatic N) is 2. The van der Waals surface area contributed by atoms with Crippen molar-refractivity contribution in [1.82, 2.24) is 15.1 Å². The van der Waals surface area contributed by atoms with Crippen LogP contribution in [-0.2, 0) is 0 Å². The molecular weight excluding hydrogens is 234 g/mol. The molecule has 3 nitrogen and oxygen atoms in total. The molecule has 0 spiro atoms. The van der Waals surface area contributed by atoms with Gasteiger partial charge in [-0.1, -0.05) is 13.0 Å². The summed E-state index contributed by atoms with van der Waals surface area (Å²) < 4.78 is 2.05. The van der Waals surface area contributed by atoms with E-state index >= 15 is 0 Å². The average molecular weight is 257 g/mol. The minimum Gasteiger partial charge on any atom is -0.310 e. The predicted molar refractivity (Wildman–Crippen MR) is 79.3 cm³/mol. The van der Waals surface area contributed by atoms with Gasteiger partial charge in [0, 0.05) is 23.7 Å². The van der Waals surface area contributed by atoms with Crippen molar-refractivity contribution in [3.8, 4) is 0 Å². The third-order valence-corrected chi connectivity index (χ3v) is 4.14. The van der Waals surface area contributed by atoms with E-state index in [1.807, 2.05) is 4.68 Å². The molecule has 19 heavy (non-hydrogen) atoms. The number of nitrogens with one attached hydrogen (secondary N) is 1. The van der Waals surface area contributed by atoms with Crippen molar-refractivity contribution < 1.29 is 0 Å². The molecule has 0 bridgehead atoms. The first-order valence-corrected chi connectivity index (χ1v) is 7.35. The minimum atomic E-state index is 0.421. The Bertz CT molecular complexity index is 562. The first-order valence-electron chi connectivity index (χ1n) is 7.35. The molecular formula is C16H23N3. The molecule has 2 aromatic rings. The summed E-state index contributed by atoms with van der Waals surface area (Å²) >= 11 is 0. The summed E-state index contributed by atoms with van der Waals surface area (Å²) in [6.07, 6.45) is 4.72. The van der Waals surface area contributed by atoms with Crippen LogP contribution >= 0.6 is 0 Å². The van der Waals surface area contributed by atoms with E-state index in [4.69, 9.17) is 0 Å². The molecule has 2 heterocycles. The Kier molecular flexibility index (Phi) is 3.31. The number of benzene rings is 1. The number of hydrogen-bond donors (Lipinski definition) is 1. The summed E-state index contributed by atoms with van der Waals surface area (Å²) in [5.74, 6) is 0.809. The summed E-state index contributed by atoms with van der Waals surface area (Å²) in [7, 11) is 0. The Morgan fingerprint density at radius 2 is 2.16 bits per heavy atom. The maximum absolute atomic E-state index is 4.61. The Labute approximate surface area is 115 Å². The van der Waals surface area contributed by atoms with Gasteiger partial charge in [-0.25, -0.2) is 0 Å². The zero-order chi connectivity index (χ0) is 13.4. The summed E-state index contributed by atoms with van der Waals surface area (Å²) in [6.45, 7) is 7.78. The normalized spacial score (nSPS) is 24.2. The third kappa shape index (κ3) is 2.52. The van der Waals surface area contributed by atoms with E-state index in [0.29, 0.717) is 12.1 Å². The van der Waals surface area contributed by atoms with Gasteiger partial charge in [-0.3, -0.25) is 4.68 Å². The standard InChI is InChI=1S/C16H23N3/c1-11(2)19-10-14-8-13(5-7-16(14)18-19)15-6-4-12(3)9-17-15/h5,7-8,10-12,15,17H,4,6,9H2,1-3H3.